The van der Waals surface area contributed by atoms with Crippen molar-refractivity contribution in [3.63, 3.8) is 0 Å². The number of fused-ring (bicyclic) bond motifs is 1. The largest absolute Gasteiger partial charge is 0.280 e. The highest BCUT2D eigenvalue weighted by Gasteiger charge is 2.12. The van der Waals surface area contributed by atoms with E-state index in [1.165, 1.54) is 0 Å². The van der Waals surface area contributed by atoms with E-state index >= 15 is 0 Å². The second-order valence-electron chi connectivity index (χ2n) is 4.13. The number of rotatable bonds is 2. The summed E-state index contributed by atoms with van der Waals surface area (Å²) in [5.41, 5.74) is 3.74. The van der Waals surface area contributed by atoms with Crippen LogP contribution in [-0.4, -0.2) is 14.5 Å². The zero-order valence-corrected chi connectivity index (χ0v) is 10.7. The summed E-state index contributed by atoms with van der Waals surface area (Å²) in [6.45, 7) is 1.97. The normalized spacial score (nSPS) is 11.0. The zero-order chi connectivity index (χ0) is 12.5. The van der Waals surface area contributed by atoms with Gasteiger partial charge in [-0.05, 0) is 31.2 Å². The van der Waals surface area contributed by atoms with E-state index in [4.69, 9.17) is 11.6 Å². The molecule has 0 atom stereocenters. The second-order valence-corrected chi connectivity index (χ2v) is 4.40. The lowest BCUT2D eigenvalue weighted by atomic mass is 10.3. The molecule has 0 N–H and O–H groups in total. The maximum atomic E-state index is 5.98. The van der Waals surface area contributed by atoms with Gasteiger partial charge in [0.25, 0.3) is 0 Å². The Kier molecular flexibility index (Phi) is 2.76. The van der Waals surface area contributed by atoms with Gasteiger partial charge in [-0.3, -0.25) is 4.57 Å². The number of imidazole rings is 1. The van der Waals surface area contributed by atoms with Gasteiger partial charge in [-0.2, -0.15) is 0 Å². The number of nitrogens with zero attached hydrogens (tertiary/aromatic N) is 3. The summed E-state index contributed by atoms with van der Waals surface area (Å²) in [4.78, 5) is 9.08. The number of hydrogen-bond donors (Lipinski definition) is 0. The van der Waals surface area contributed by atoms with E-state index in [9.17, 15) is 0 Å². The maximum absolute atomic E-state index is 5.98. The zero-order valence-electron chi connectivity index (χ0n) is 9.97. The molecule has 3 nitrogen and oxygen atoms in total. The molecule has 3 aromatic rings. The van der Waals surface area contributed by atoms with Crippen molar-refractivity contribution in [2.24, 2.45) is 0 Å². The minimum atomic E-state index is 0.365. The first-order chi connectivity index (χ1) is 8.79. The Bertz CT molecular complexity index is 689. The molecule has 4 heteroatoms. The van der Waals surface area contributed by atoms with Crippen molar-refractivity contribution < 1.29 is 0 Å². The number of pyridine rings is 1. The molecule has 0 aliphatic heterocycles. The van der Waals surface area contributed by atoms with E-state index < -0.39 is 0 Å². The van der Waals surface area contributed by atoms with Crippen LogP contribution in [0.15, 0.2) is 42.5 Å². The van der Waals surface area contributed by atoms with Gasteiger partial charge in [-0.25, -0.2) is 9.97 Å². The molecule has 0 saturated carbocycles. The third-order valence-electron chi connectivity index (χ3n) is 2.85. The quantitative estimate of drug-likeness (QED) is 0.658. The van der Waals surface area contributed by atoms with Crippen LogP contribution in [0.25, 0.3) is 16.9 Å². The standard InChI is InChI=1S/C14H12ClN3/c1-10-7-8-12-14(16-10)18(13(9-15)17-12)11-5-3-2-4-6-11/h2-8H,9H2,1H3. The van der Waals surface area contributed by atoms with E-state index in [0.29, 0.717) is 5.88 Å². The molecule has 1 aromatic carbocycles. The summed E-state index contributed by atoms with van der Waals surface area (Å²) in [7, 11) is 0. The van der Waals surface area contributed by atoms with Crippen LogP contribution in [-0.2, 0) is 5.88 Å². The van der Waals surface area contributed by atoms with E-state index in [1.54, 1.807) is 0 Å². The summed E-state index contributed by atoms with van der Waals surface area (Å²) in [6, 6.07) is 14.0. The van der Waals surface area contributed by atoms with Crippen molar-refractivity contribution in [1.29, 1.82) is 0 Å². The van der Waals surface area contributed by atoms with Gasteiger partial charge in [0.15, 0.2) is 5.65 Å². The predicted molar refractivity (Wildman–Crippen MR) is 73.2 cm³/mol. The van der Waals surface area contributed by atoms with Gasteiger partial charge in [0.2, 0.25) is 0 Å². The van der Waals surface area contributed by atoms with Gasteiger partial charge < -0.3 is 0 Å². The lowest BCUT2D eigenvalue weighted by Gasteiger charge is -2.06. The van der Waals surface area contributed by atoms with Crippen LogP contribution in [0.5, 0.6) is 0 Å². The average molecular weight is 258 g/mol. The van der Waals surface area contributed by atoms with E-state index in [1.807, 2.05) is 54.0 Å². The van der Waals surface area contributed by atoms with Crippen molar-refractivity contribution >= 4 is 22.8 Å². The molecular formula is C14H12ClN3. The van der Waals surface area contributed by atoms with Crippen molar-refractivity contribution in [1.82, 2.24) is 14.5 Å². The fourth-order valence-corrected chi connectivity index (χ4v) is 2.22. The minimum Gasteiger partial charge on any atom is -0.280 e. The van der Waals surface area contributed by atoms with Crippen LogP contribution in [0.3, 0.4) is 0 Å². The molecule has 0 radical (unpaired) electrons. The molecular weight excluding hydrogens is 246 g/mol. The Balaban J connectivity index is 2.35. The molecule has 3 rings (SSSR count). The van der Waals surface area contributed by atoms with Gasteiger partial charge in [0.1, 0.15) is 11.3 Å². The molecule has 2 aromatic heterocycles. The van der Waals surface area contributed by atoms with Crippen LogP contribution < -0.4 is 0 Å². The molecule has 0 saturated heterocycles. The molecule has 0 spiro atoms. The SMILES string of the molecule is Cc1ccc2nc(CCl)n(-c3ccccc3)c2n1. The lowest BCUT2D eigenvalue weighted by Crippen LogP contribution is -2.00. The number of aryl methyl sites for hydroxylation is 1. The van der Waals surface area contributed by atoms with Crippen LogP contribution in [0, 0.1) is 6.92 Å². The summed E-state index contributed by atoms with van der Waals surface area (Å²) < 4.78 is 2.01. The monoisotopic (exact) mass is 257 g/mol. The summed E-state index contributed by atoms with van der Waals surface area (Å²) in [5, 5.41) is 0. The van der Waals surface area contributed by atoms with Gasteiger partial charge in [-0.1, -0.05) is 18.2 Å². The number of alkyl halides is 1. The smallest absolute Gasteiger partial charge is 0.164 e. The van der Waals surface area contributed by atoms with Gasteiger partial charge in [0.05, 0.1) is 5.88 Å². The van der Waals surface area contributed by atoms with Crippen molar-refractivity contribution in [2.75, 3.05) is 0 Å². The summed E-state index contributed by atoms with van der Waals surface area (Å²) in [6.07, 6.45) is 0. The topological polar surface area (TPSA) is 30.7 Å². The van der Waals surface area contributed by atoms with Crippen LogP contribution >= 0.6 is 11.6 Å². The predicted octanol–water partition coefficient (Wildman–Crippen LogP) is 3.47. The minimum absolute atomic E-state index is 0.365. The fraction of sp³-hybridized carbons (Fsp3) is 0.143. The van der Waals surface area contributed by atoms with E-state index in [-0.39, 0.29) is 0 Å². The first-order valence-corrected chi connectivity index (χ1v) is 6.29. The molecule has 0 unspecified atom stereocenters. The Labute approximate surface area is 110 Å². The second kappa shape index (κ2) is 4.42. The maximum Gasteiger partial charge on any atom is 0.164 e. The molecule has 0 amide bonds. The molecule has 2 heterocycles. The van der Waals surface area contributed by atoms with Crippen LogP contribution in [0.4, 0.5) is 0 Å². The molecule has 18 heavy (non-hydrogen) atoms. The number of hydrogen-bond acceptors (Lipinski definition) is 2. The highest BCUT2D eigenvalue weighted by molar-refractivity contribution is 6.16. The number of halogens is 1. The lowest BCUT2D eigenvalue weighted by molar-refractivity contribution is 0.966. The molecule has 0 aliphatic rings. The van der Waals surface area contributed by atoms with Gasteiger partial charge >= 0.3 is 0 Å². The van der Waals surface area contributed by atoms with Crippen LogP contribution in [0.2, 0.25) is 0 Å². The molecule has 0 bridgehead atoms. The van der Waals surface area contributed by atoms with Crippen molar-refractivity contribution in [3.8, 4) is 5.69 Å². The van der Waals surface area contributed by atoms with Crippen molar-refractivity contribution in [3.05, 3.63) is 54.0 Å². The summed E-state index contributed by atoms with van der Waals surface area (Å²) in [5.74, 6) is 1.18. The molecule has 90 valence electrons. The Morgan fingerprint density at radius 3 is 2.56 bits per heavy atom. The van der Waals surface area contributed by atoms with Crippen molar-refractivity contribution in [2.45, 2.75) is 12.8 Å². The van der Waals surface area contributed by atoms with E-state index in [2.05, 4.69) is 9.97 Å². The molecule has 0 aliphatic carbocycles. The van der Waals surface area contributed by atoms with Gasteiger partial charge in [0, 0.05) is 11.4 Å². The third-order valence-corrected chi connectivity index (χ3v) is 3.09. The fourth-order valence-electron chi connectivity index (χ4n) is 2.04. The first-order valence-electron chi connectivity index (χ1n) is 5.76. The Hall–Kier alpha value is -1.87. The first kappa shape index (κ1) is 11.2. The van der Waals surface area contributed by atoms with E-state index in [0.717, 1.165) is 28.4 Å². The Morgan fingerprint density at radius 1 is 1.06 bits per heavy atom. The Morgan fingerprint density at radius 2 is 1.83 bits per heavy atom. The summed E-state index contributed by atoms with van der Waals surface area (Å²) >= 11 is 5.98. The number of aromatic nitrogens is 3. The number of benzene rings is 1. The highest BCUT2D eigenvalue weighted by Crippen LogP contribution is 2.21. The molecule has 0 fully saturated rings. The average Bonchev–Trinajstić information content (AvgIpc) is 2.77. The van der Waals surface area contributed by atoms with Crippen LogP contribution in [0.1, 0.15) is 11.5 Å². The van der Waals surface area contributed by atoms with Gasteiger partial charge in [-0.15, -0.1) is 11.6 Å². The third kappa shape index (κ3) is 1.77. The highest BCUT2D eigenvalue weighted by atomic mass is 35.5. The number of para-hydroxylation sites is 1.